The van der Waals surface area contributed by atoms with Crippen LogP contribution in [-0.4, -0.2) is 27.4 Å². The number of fused-ring (bicyclic) bond motifs is 1. The molecule has 0 radical (unpaired) electrons. The van der Waals surface area contributed by atoms with Crippen molar-refractivity contribution in [3.63, 3.8) is 0 Å². The standard InChI is InChI=1S/C18H26N4O/c1-14(2)11-20-17(23)18(8-4-5-9-18)21-13-15-12-19-16-7-3-6-10-22(15)16/h3,6-7,10,12,14,21H,4-5,8-9,11,13H2,1-2H3,(H,20,23). The number of nitrogens with one attached hydrogen (secondary N) is 2. The molecule has 5 nitrogen and oxygen atoms in total. The molecule has 5 heteroatoms. The molecule has 1 amide bonds. The monoisotopic (exact) mass is 314 g/mol. The topological polar surface area (TPSA) is 58.4 Å². The van der Waals surface area contributed by atoms with E-state index in [-0.39, 0.29) is 5.91 Å². The number of hydrogen-bond donors (Lipinski definition) is 2. The molecular weight excluding hydrogens is 288 g/mol. The number of pyridine rings is 1. The normalized spacial score (nSPS) is 17.0. The zero-order chi connectivity index (χ0) is 16.3. The van der Waals surface area contributed by atoms with Gasteiger partial charge in [0.25, 0.3) is 0 Å². The predicted octanol–water partition coefficient (Wildman–Crippen LogP) is 2.51. The van der Waals surface area contributed by atoms with Crippen molar-refractivity contribution in [1.29, 1.82) is 0 Å². The molecule has 0 aliphatic heterocycles. The molecule has 0 saturated heterocycles. The van der Waals surface area contributed by atoms with Crippen molar-refractivity contribution in [2.24, 2.45) is 5.92 Å². The number of carbonyl (C=O) groups is 1. The van der Waals surface area contributed by atoms with Gasteiger partial charge in [-0.1, -0.05) is 32.8 Å². The Hall–Kier alpha value is -1.88. The summed E-state index contributed by atoms with van der Waals surface area (Å²) < 4.78 is 2.07. The Balaban J connectivity index is 1.71. The van der Waals surface area contributed by atoms with E-state index < -0.39 is 5.54 Å². The van der Waals surface area contributed by atoms with Crippen LogP contribution in [0.25, 0.3) is 5.65 Å². The maximum atomic E-state index is 12.7. The number of hydrogen-bond acceptors (Lipinski definition) is 3. The molecule has 0 spiro atoms. The van der Waals surface area contributed by atoms with Crippen molar-refractivity contribution < 1.29 is 4.79 Å². The first-order chi connectivity index (χ1) is 11.1. The lowest BCUT2D eigenvalue weighted by molar-refractivity contribution is -0.127. The summed E-state index contributed by atoms with van der Waals surface area (Å²) in [5, 5.41) is 6.65. The largest absolute Gasteiger partial charge is 0.354 e. The summed E-state index contributed by atoms with van der Waals surface area (Å²) in [6.07, 6.45) is 7.93. The van der Waals surface area contributed by atoms with E-state index in [9.17, 15) is 4.79 Å². The minimum atomic E-state index is -0.423. The van der Waals surface area contributed by atoms with Crippen LogP contribution < -0.4 is 10.6 Å². The van der Waals surface area contributed by atoms with E-state index in [0.717, 1.165) is 43.6 Å². The van der Waals surface area contributed by atoms with Gasteiger partial charge in [-0.3, -0.25) is 10.1 Å². The van der Waals surface area contributed by atoms with Crippen LogP contribution in [0.3, 0.4) is 0 Å². The third kappa shape index (κ3) is 3.39. The lowest BCUT2D eigenvalue weighted by atomic mass is 9.95. The van der Waals surface area contributed by atoms with Crippen molar-refractivity contribution in [1.82, 2.24) is 20.0 Å². The summed E-state index contributed by atoms with van der Waals surface area (Å²) in [7, 11) is 0. The summed E-state index contributed by atoms with van der Waals surface area (Å²) in [4.78, 5) is 17.1. The number of aromatic nitrogens is 2. The fourth-order valence-corrected chi connectivity index (χ4v) is 3.30. The van der Waals surface area contributed by atoms with E-state index in [1.807, 2.05) is 30.6 Å². The zero-order valence-electron chi connectivity index (χ0n) is 14.0. The molecule has 1 fully saturated rings. The lowest BCUT2D eigenvalue weighted by Gasteiger charge is -2.29. The number of nitrogens with zero attached hydrogens (tertiary/aromatic N) is 2. The highest BCUT2D eigenvalue weighted by molar-refractivity contribution is 5.86. The molecule has 2 aromatic rings. The van der Waals surface area contributed by atoms with Gasteiger partial charge in [-0.2, -0.15) is 0 Å². The van der Waals surface area contributed by atoms with E-state index in [1.54, 1.807) is 0 Å². The van der Waals surface area contributed by atoms with Crippen LogP contribution in [-0.2, 0) is 11.3 Å². The van der Waals surface area contributed by atoms with Gasteiger partial charge in [0.05, 0.1) is 17.4 Å². The second-order valence-electron chi connectivity index (χ2n) is 6.93. The molecule has 2 N–H and O–H groups in total. The van der Waals surface area contributed by atoms with Crippen LogP contribution in [0.4, 0.5) is 0 Å². The first-order valence-electron chi connectivity index (χ1n) is 8.55. The average Bonchev–Trinajstić information content (AvgIpc) is 3.18. The maximum Gasteiger partial charge on any atom is 0.240 e. The summed E-state index contributed by atoms with van der Waals surface area (Å²) in [6.45, 7) is 5.62. The molecule has 0 atom stereocenters. The zero-order valence-corrected chi connectivity index (χ0v) is 14.0. The summed E-state index contributed by atoms with van der Waals surface area (Å²) in [5.41, 5.74) is 1.60. The van der Waals surface area contributed by atoms with Gasteiger partial charge in [0, 0.05) is 19.3 Å². The van der Waals surface area contributed by atoms with Gasteiger partial charge in [0.1, 0.15) is 5.65 Å². The number of amides is 1. The fraction of sp³-hybridized carbons (Fsp3) is 0.556. The van der Waals surface area contributed by atoms with Gasteiger partial charge in [0.2, 0.25) is 5.91 Å². The first kappa shape index (κ1) is 16.0. The fourth-order valence-electron chi connectivity index (χ4n) is 3.30. The smallest absolute Gasteiger partial charge is 0.240 e. The second kappa shape index (κ2) is 6.71. The highest BCUT2D eigenvalue weighted by Crippen LogP contribution is 2.30. The minimum absolute atomic E-state index is 0.150. The molecule has 23 heavy (non-hydrogen) atoms. The van der Waals surface area contributed by atoms with E-state index in [0.29, 0.717) is 12.5 Å². The van der Waals surface area contributed by atoms with Crippen molar-refractivity contribution >= 4 is 11.6 Å². The van der Waals surface area contributed by atoms with Crippen LogP contribution >= 0.6 is 0 Å². The van der Waals surface area contributed by atoms with Crippen LogP contribution in [0.2, 0.25) is 0 Å². The number of carbonyl (C=O) groups excluding carboxylic acids is 1. The van der Waals surface area contributed by atoms with Crippen LogP contribution in [0, 0.1) is 5.92 Å². The Morgan fingerprint density at radius 3 is 2.87 bits per heavy atom. The predicted molar refractivity (Wildman–Crippen MR) is 91.1 cm³/mol. The van der Waals surface area contributed by atoms with Crippen LogP contribution in [0.1, 0.15) is 45.2 Å². The summed E-state index contributed by atoms with van der Waals surface area (Å²) in [5.74, 6) is 0.619. The van der Waals surface area contributed by atoms with Crippen molar-refractivity contribution in [2.45, 2.75) is 51.6 Å². The highest BCUT2D eigenvalue weighted by Gasteiger charge is 2.40. The SMILES string of the molecule is CC(C)CNC(=O)C1(NCc2cnc3ccccn23)CCCC1. The number of rotatable bonds is 6. The Morgan fingerprint density at radius 2 is 2.13 bits per heavy atom. The van der Waals surface area contributed by atoms with Gasteiger partial charge >= 0.3 is 0 Å². The first-order valence-corrected chi connectivity index (χ1v) is 8.55. The third-order valence-corrected chi connectivity index (χ3v) is 4.66. The Morgan fingerprint density at radius 1 is 1.35 bits per heavy atom. The second-order valence-corrected chi connectivity index (χ2v) is 6.93. The van der Waals surface area contributed by atoms with Crippen molar-refractivity contribution in [2.75, 3.05) is 6.54 Å². The molecule has 1 aliphatic rings. The van der Waals surface area contributed by atoms with Crippen LogP contribution in [0.15, 0.2) is 30.6 Å². The van der Waals surface area contributed by atoms with E-state index in [4.69, 9.17) is 0 Å². The highest BCUT2D eigenvalue weighted by atomic mass is 16.2. The number of imidazole rings is 1. The molecule has 0 aromatic carbocycles. The Bertz CT molecular complexity index is 670. The molecule has 2 aromatic heterocycles. The molecule has 0 unspecified atom stereocenters. The molecular formula is C18H26N4O. The van der Waals surface area contributed by atoms with Gasteiger partial charge in [-0.25, -0.2) is 4.98 Å². The molecule has 124 valence electrons. The molecule has 2 heterocycles. The molecule has 1 aliphatic carbocycles. The maximum absolute atomic E-state index is 12.7. The van der Waals surface area contributed by atoms with E-state index >= 15 is 0 Å². The van der Waals surface area contributed by atoms with Gasteiger partial charge in [-0.05, 0) is 30.9 Å². The average molecular weight is 314 g/mol. The van der Waals surface area contributed by atoms with Gasteiger partial charge in [-0.15, -0.1) is 0 Å². The van der Waals surface area contributed by atoms with Crippen molar-refractivity contribution in [3.8, 4) is 0 Å². The Labute approximate surface area is 137 Å². The lowest BCUT2D eigenvalue weighted by Crippen LogP contribution is -2.55. The molecule has 1 saturated carbocycles. The molecule has 3 rings (SSSR count). The van der Waals surface area contributed by atoms with Crippen molar-refractivity contribution in [3.05, 3.63) is 36.3 Å². The van der Waals surface area contributed by atoms with Crippen LogP contribution in [0.5, 0.6) is 0 Å². The Kier molecular flexibility index (Phi) is 4.66. The quantitative estimate of drug-likeness (QED) is 0.861. The van der Waals surface area contributed by atoms with E-state index in [1.165, 1.54) is 0 Å². The van der Waals surface area contributed by atoms with Gasteiger partial charge < -0.3 is 9.72 Å². The van der Waals surface area contributed by atoms with E-state index in [2.05, 4.69) is 33.9 Å². The summed E-state index contributed by atoms with van der Waals surface area (Å²) >= 11 is 0. The van der Waals surface area contributed by atoms with Gasteiger partial charge in [0.15, 0.2) is 0 Å². The minimum Gasteiger partial charge on any atom is -0.354 e. The third-order valence-electron chi connectivity index (χ3n) is 4.66. The summed E-state index contributed by atoms with van der Waals surface area (Å²) in [6, 6.07) is 5.97. The molecule has 0 bridgehead atoms.